The van der Waals surface area contributed by atoms with E-state index >= 15 is 0 Å². The molecule has 2 aliphatic rings. The van der Waals surface area contributed by atoms with E-state index in [1.54, 1.807) is 28.6 Å². The molecule has 3 aromatic rings. The third-order valence-corrected chi connectivity index (χ3v) is 6.78. The van der Waals surface area contributed by atoms with E-state index in [4.69, 9.17) is 0 Å². The van der Waals surface area contributed by atoms with Gasteiger partial charge < -0.3 is 0 Å². The molecule has 2 saturated heterocycles. The molecule has 33 heavy (non-hydrogen) atoms. The van der Waals surface area contributed by atoms with Crippen molar-refractivity contribution in [2.45, 2.75) is 39.2 Å². The molecule has 0 atom stereocenters. The summed E-state index contributed by atoms with van der Waals surface area (Å²) in [5.41, 5.74) is 4.53. The molecule has 172 valence electrons. The summed E-state index contributed by atoms with van der Waals surface area (Å²) in [5, 5.41) is 6.75. The van der Waals surface area contributed by atoms with Gasteiger partial charge in [0.25, 0.3) is 0 Å². The normalized spacial score (nSPS) is 18.2. The summed E-state index contributed by atoms with van der Waals surface area (Å²) >= 11 is 0. The number of anilines is 1. The van der Waals surface area contributed by atoms with Gasteiger partial charge in [-0.05, 0) is 80.1 Å². The number of carbonyl (C=O) groups excluding carboxylic acids is 2. The minimum atomic E-state index is -0.396. The average molecular weight is 450 g/mol. The van der Waals surface area contributed by atoms with Crippen LogP contribution in [-0.4, -0.2) is 46.1 Å². The Bertz CT molecular complexity index is 1200. The lowest BCUT2D eigenvalue weighted by molar-refractivity contribution is -0.120. The second-order valence-electron chi connectivity index (χ2n) is 9.16. The van der Waals surface area contributed by atoms with Crippen LogP contribution in [0.2, 0.25) is 0 Å². The van der Waals surface area contributed by atoms with Gasteiger partial charge in [-0.2, -0.15) is 5.10 Å². The van der Waals surface area contributed by atoms with Gasteiger partial charge in [0.2, 0.25) is 5.91 Å². The number of nitrogens with zero attached hydrogens (tertiary/aromatic N) is 4. The molecule has 7 nitrogen and oxygen atoms in total. The molecule has 2 fully saturated rings. The zero-order valence-corrected chi connectivity index (χ0v) is 18.8. The summed E-state index contributed by atoms with van der Waals surface area (Å²) in [6.45, 7) is 4.94. The van der Waals surface area contributed by atoms with Crippen molar-refractivity contribution in [3.63, 3.8) is 0 Å². The fraction of sp³-hybridized carbons (Fsp3) is 0.400. The first-order valence-electron chi connectivity index (χ1n) is 11.5. The Labute approximate surface area is 192 Å². The van der Waals surface area contributed by atoms with Crippen LogP contribution in [0.15, 0.2) is 42.7 Å². The Hall–Kier alpha value is -3.26. The van der Waals surface area contributed by atoms with Gasteiger partial charge in [-0.3, -0.25) is 19.9 Å². The molecular formula is C25H28FN5O2. The molecule has 0 radical (unpaired) electrons. The first kappa shape index (κ1) is 21.6. The SMILES string of the molecule is Cc1ccc(CN2CCC(Cc3ccn4ncc(N5CCC(=O)NC5=O)c4c3)CC2)cc1F. The second-order valence-corrected chi connectivity index (χ2v) is 9.16. The third-order valence-electron chi connectivity index (χ3n) is 6.78. The Morgan fingerprint density at radius 2 is 1.91 bits per heavy atom. The van der Waals surface area contributed by atoms with Crippen molar-refractivity contribution >= 4 is 23.1 Å². The van der Waals surface area contributed by atoms with Gasteiger partial charge in [0, 0.05) is 25.7 Å². The first-order chi connectivity index (χ1) is 16.0. The van der Waals surface area contributed by atoms with Crippen LogP contribution in [0.4, 0.5) is 14.9 Å². The van der Waals surface area contributed by atoms with Gasteiger partial charge in [-0.1, -0.05) is 12.1 Å². The lowest BCUT2D eigenvalue weighted by Crippen LogP contribution is -2.49. The number of nitrogens with one attached hydrogen (secondary N) is 1. The number of halogens is 1. The number of hydrogen-bond donors (Lipinski definition) is 1. The minimum absolute atomic E-state index is 0.134. The summed E-state index contributed by atoms with van der Waals surface area (Å²) in [7, 11) is 0. The van der Waals surface area contributed by atoms with Crippen molar-refractivity contribution in [1.82, 2.24) is 19.8 Å². The monoisotopic (exact) mass is 449 g/mol. The standard InChI is InChI=1S/C25H28FN5O2/c1-17-2-3-20(13-21(17)26)16-29-8-4-18(5-9-29)12-19-6-11-31-22(14-19)23(15-27-31)30-10-7-24(32)28-25(30)33/h2-3,6,11,13-15,18H,4-5,7-10,12,16H2,1H3,(H,28,32,33). The van der Waals surface area contributed by atoms with E-state index < -0.39 is 6.03 Å². The molecule has 0 spiro atoms. The van der Waals surface area contributed by atoms with Crippen LogP contribution in [0, 0.1) is 18.7 Å². The number of hydrogen-bond acceptors (Lipinski definition) is 4. The van der Waals surface area contributed by atoms with Gasteiger partial charge in [0.05, 0.1) is 17.4 Å². The third kappa shape index (κ3) is 4.61. The van der Waals surface area contributed by atoms with Crippen LogP contribution in [0.5, 0.6) is 0 Å². The fourth-order valence-corrected chi connectivity index (χ4v) is 4.82. The Kier molecular flexibility index (Phi) is 5.85. The number of aromatic nitrogens is 2. The minimum Gasteiger partial charge on any atom is -0.299 e. The van der Waals surface area contributed by atoms with Crippen molar-refractivity contribution in [3.05, 3.63) is 65.2 Å². The van der Waals surface area contributed by atoms with E-state index in [-0.39, 0.29) is 18.1 Å². The number of piperidine rings is 1. The summed E-state index contributed by atoms with van der Waals surface area (Å²) < 4.78 is 15.6. The number of rotatable bonds is 5. The molecule has 0 unspecified atom stereocenters. The van der Waals surface area contributed by atoms with Gasteiger partial charge in [0.15, 0.2) is 0 Å². The molecule has 0 aliphatic carbocycles. The lowest BCUT2D eigenvalue weighted by atomic mass is 9.90. The molecular weight excluding hydrogens is 421 g/mol. The number of urea groups is 1. The highest BCUT2D eigenvalue weighted by atomic mass is 19.1. The van der Waals surface area contributed by atoms with Crippen molar-refractivity contribution in [3.8, 4) is 0 Å². The summed E-state index contributed by atoms with van der Waals surface area (Å²) in [6.07, 6.45) is 7.07. The molecule has 8 heteroatoms. The van der Waals surface area contributed by atoms with Crippen LogP contribution in [0.3, 0.4) is 0 Å². The quantitative estimate of drug-likeness (QED) is 0.645. The Morgan fingerprint density at radius 3 is 2.67 bits per heavy atom. The molecule has 2 aliphatic heterocycles. The van der Waals surface area contributed by atoms with Crippen molar-refractivity contribution in [2.75, 3.05) is 24.5 Å². The topological polar surface area (TPSA) is 70.0 Å². The number of benzene rings is 1. The molecule has 5 rings (SSSR count). The molecule has 0 saturated carbocycles. The van der Waals surface area contributed by atoms with Crippen molar-refractivity contribution in [2.24, 2.45) is 5.92 Å². The van der Waals surface area contributed by atoms with E-state index in [1.807, 2.05) is 18.3 Å². The predicted molar refractivity (Wildman–Crippen MR) is 124 cm³/mol. The highest BCUT2D eigenvalue weighted by molar-refractivity contribution is 6.07. The largest absolute Gasteiger partial charge is 0.328 e. The zero-order chi connectivity index (χ0) is 22.9. The van der Waals surface area contributed by atoms with Gasteiger partial charge in [-0.15, -0.1) is 0 Å². The van der Waals surface area contributed by atoms with Crippen LogP contribution in [0.25, 0.3) is 5.52 Å². The van der Waals surface area contributed by atoms with E-state index in [1.165, 1.54) is 5.56 Å². The van der Waals surface area contributed by atoms with E-state index in [0.29, 0.717) is 18.0 Å². The Balaban J connectivity index is 1.22. The number of fused-ring (bicyclic) bond motifs is 1. The van der Waals surface area contributed by atoms with Gasteiger partial charge in [-0.25, -0.2) is 13.7 Å². The second kappa shape index (κ2) is 8.94. The molecule has 1 aromatic carbocycles. The van der Waals surface area contributed by atoms with Crippen molar-refractivity contribution in [1.29, 1.82) is 0 Å². The fourth-order valence-electron chi connectivity index (χ4n) is 4.82. The van der Waals surface area contributed by atoms with Crippen LogP contribution in [-0.2, 0) is 17.8 Å². The van der Waals surface area contributed by atoms with E-state index in [0.717, 1.165) is 55.7 Å². The molecule has 2 aromatic heterocycles. The molecule has 1 N–H and O–H groups in total. The van der Waals surface area contributed by atoms with Crippen LogP contribution in [0.1, 0.15) is 36.0 Å². The molecule has 0 bridgehead atoms. The summed E-state index contributed by atoms with van der Waals surface area (Å²) in [4.78, 5) is 27.7. The van der Waals surface area contributed by atoms with Gasteiger partial charge in [0.1, 0.15) is 5.82 Å². The highest BCUT2D eigenvalue weighted by Gasteiger charge is 2.27. The van der Waals surface area contributed by atoms with Gasteiger partial charge >= 0.3 is 6.03 Å². The number of pyridine rings is 1. The smallest absolute Gasteiger partial charge is 0.299 e. The van der Waals surface area contributed by atoms with E-state index in [2.05, 4.69) is 27.4 Å². The average Bonchev–Trinajstić information content (AvgIpc) is 3.21. The number of likely N-dealkylation sites (tertiary alicyclic amines) is 1. The van der Waals surface area contributed by atoms with Crippen LogP contribution >= 0.6 is 0 Å². The maximum absolute atomic E-state index is 13.8. The number of imide groups is 1. The highest BCUT2D eigenvalue weighted by Crippen LogP contribution is 2.27. The summed E-state index contributed by atoms with van der Waals surface area (Å²) in [6, 6.07) is 9.31. The number of amides is 3. The van der Waals surface area contributed by atoms with E-state index in [9.17, 15) is 14.0 Å². The maximum atomic E-state index is 13.8. The number of carbonyl (C=O) groups is 2. The molecule has 3 amide bonds. The van der Waals surface area contributed by atoms with Crippen LogP contribution < -0.4 is 10.2 Å². The zero-order valence-electron chi connectivity index (χ0n) is 18.8. The maximum Gasteiger partial charge on any atom is 0.328 e. The number of aryl methyl sites for hydroxylation is 1. The first-order valence-corrected chi connectivity index (χ1v) is 11.5. The molecule has 4 heterocycles. The lowest BCUT2D eigenvalue weighted by Gasteiger charge is -2.32. The predicted octanol–water partition coefficient (Wildman–Crippen LogP) is 3.68. The summed E-state index contributed by atoms with van der Waals surface area (Å²) in [5.74, 6) is 0.207. The Morgan fingerprint density at radius 1 is 1.09 bits per heavy atom. The van der Waals surface area contributed by atoms with Crippen molar-refractivity contribution < 1.29 is 14.0 Å².